The Morgan fingerprint density at radius 2 is 1.77 bits per heavy atom. The molecule has 1 fully saturated rings. The Labute approximate surface area is 205 Å². The fraction of sp³-hybridized carbons (Fsp3) is 0.391. The van der Waals surface area contributed by atoms with Gasteiger partial charge >= 0.3 is 5.97 Å². The first kappa shape index (κ1) is 26.6. The zero-order valence-corrected chi connectivity index (χ0v) is 21.3. The minimum atomic E-state index is -4.03. The number of likely N-dealkylation sites (N-methyl/N-ethyl adjacent to an activating group) is 1. The molecule has 0 spiro atoms. The highest BCUT2D eigenvalue weighted by molar-refractivity contribution is 7.91. The van der Waals surface area contributed by atoms with Gasteiger partial charge in [0.2, 0.25) is 10.0 Å². The number of rotatable bonds is 9. The number of sulfonamides is 1. The van der Waals surface area contributed by atoms with Gasteiger partial charge < -0.3 is 14.4 Å². The molecule has 12 heteroatoms. The minimum absolute atomic E-state index is 0.0108. The molecule has 1 amide bonds. The molecule has 0 unspecified atom stereocenters. The molecule has 1 saturated heterocycles. The maximum atomic E-state index is 13.2. The Bertz CT molecular complexity index is 1290. The van der Waals surface area contributed by atoms with E-state index in [1.165, 1.54) is 38.2 Å². The highest BCUT2D eigenvalue weighted by Gasteiger charge is 2.33. The Morgan fingerprint density at radius 3 is 2.37 bits per heavy atom. The van der Waals surface area contributed by atoms with Gasteiger partial charge in [0.25, 0.3) is 5.91 Å². The monoisotopic (exact) mass is 524 g/mol. The Hall–Kier alpha value is -2.96. The molecule has 0 saturated carbocycles. The van der Waals surface area contributed by atoms with E-state index in [1.807, 2.05) is 6.07 Å². The molecule has 0 N–H and O–H groups in total. The van der Waals surface area contributed by atoms with E-state index in [0.29, 0.717) is 6.42 Å². The lowest BCUT2D eigenvalue weighted by molar-refractivity contribution is -0.134. The number of hydrogen-bond donors (Lipinski definition) is 0. The summed E-state index contributed by atoms with van der Waals surface area (Å²) in [6, 6.07) is 12.4. The van der Waals surface area contributed by atoms with Crippen molar-refractivity contribution in [1.29, 1.82) is 0 Å². The summed E-state index contributed by atoms with van der Waals surface area (Å²) in [6.07, 6.45) is 0.328. The van der Waals surface area contributed by atoms with Crippen LogP contribution in [0.15, 0.2) is 53.4 Å². The average molecular weight is 525 g/mol. The third-order valence-corrected chi connectivity index (χ3v) is 9.39. The molecule has 1 atom stereocenters. The maximum absolute atomic E-state index is 13.2. The van der Waals surface area contributed by atoms with Crippen LogP contribution < -0.4 is 4.74 Å². The largest absolute Gasteiger partial charge is 0.495 e. The third-order valence-electron chi connectivity index (χ3n) is 5.81. The number of hydrogen-bond acceptors (Lipinski definition) is 8. The number of carbonyl (C=O) groups is 2. The molecule has 3 rings (SSSR count). The molecule has 2 aromatic rings. The molecule has 0 aromatic heterocycles. The second kappa shape index (κ2) is 10.8. The van der Waals surface area contributed by atoms with Crippen molar-refractivity contribution in [2.75, 3.05) is 39.3 Å². The van der Waals surface area contributed by atoms with E-state index in [1.54, 1.807) is 24.3 Å². The van der Waals surface area contributed by atoms with Gasteiger partial charge in [-0.25, -0.2) is 21.6 Å². The number of amides is 1. The lowest BCUT2D eigenvalue weighted by Gasteiger charge is -2.23. The summed E-state index contributed by atoms with van der Waals surface area (Å²) in [5.41, 5.74) is 0.710. The Balaban J connectivity index is 1.72. The number of carbonyl (C=O) groups excluding carboxylic acids is 2. The van der Waals surface area contributed by atoms with Crippen LogP contribution in [0.5, 0.6) is 5.75 Å². The average Bonchev–Trinajstić information content (AvgIpc) is 3.21. The van der Waals surface area contributed by atoms with Crippen LogP contribution in [0, 0.1) is 0 Å². The van der Waals surface area contributed by atoms with E-state index in [9.17, 15) is 26.4 Å². The molecule has 0 aliphatic carbocycles. The van der Waals surface area contributed by atoms with E-state index in [4.69, 9.17) is 9.47 Å². The van der Waals surface area contributed by atoms with Crippen molar-refractivity contribution >= 4 is 31.7 Å². The van der Waals surface area contributed by atoms with Crippen LogP contribution in [0.4, 0.5) is 0 Å². The summed E-state index contributed by atoms with van der Waals surface area (Å²) < 4.78 is 61.2. The fourth-order valence-electron chi connectivity index (χ4n) is 3.70. The predicted molar refractivity (Wildman–Crippen MR) is 128 cm³/mol. The smallest absolute Gasteiger partial charge is 0.338 e. The van der Waals surface area contributed by atoms with Gasteiger partial charge in [-0.3, -0.25) is 4.79 Å². The van der Waals surface area contributed by atoms with Gasteiger partial charge in [-0.2, -0.15) is 4.31 Å². The zero-order chi connectivity index (χ0) is 25.8. The standard InChI is InChI=1S/C23H28N2O8S2/c1-24(14-17-7-5-4-6-8-17)35(30,31)21-13-18(9-10-20(21)32-3)23(27)33-15-22(26)25(2)19-11-12-34(28,29)16-19/h4-10,13,19H,11-12,14-16H2,1-3H3/t19-/m0/s1. The molecular formula is C23H28N2O8S2. The molecule has 0 bridgehead atoms. The van der Waals surface area contributed by atoms with Gasteiger partial charge in [0.15, 0.2) is 16.4 Å². The number of esters is 1. The van der Waals surface area contributed by atoms with E-state index >= 15 is 0 Å². The SMILES string of the molecule is COc1ccc(C(=O)OCC(=O)N(C)[C@H]2CCS(=O)(=O)C2)cc1S(=O)(=O)N(C)Cc1ccccc1. The van der Waals surface area contributed by atoms with Gasteiger partial charge in [-0.05, 0) is 30.2 Å². The summed E-state index contributed by atoms with van der Waals surface area (Å²) in [7, 11) is -3.01. The Morgan fingerprint density at radius 1 is 1.09 bits per heavy atom. The van der Waals surface area contributed by atoms with Gasteiger partial charge in [-0.1, -0.05) is 30.3 Å². The molecule has 10 nitrogen and oxygen atoms in total. The van der Waals surface area contributed by atoms with Crippen LogP contribution in [0.2, 0.25) is 0 Å². The van der Waals surface area contributed by atoms with Gasteiger partial charge in [0, 0.05) is 26.7 Å². The third kappa shape index (κ3) is 6.38. The van der Waals surface area contributed by atoms with Crippen molar-refractivity contribution in [2.24, 2.45) is 0 Å². The normalized spacial score (nSPS) is 17.2. The summed E-state index contributed by atoms with van der Waals surface area (Å²) in [5, 5.41) is 0. The second-order valence-electron chi connectivity index (χ2n) is 8.25. The quantitative estimate of drug-likeness (QED) is 0.450. The molecule has 1 aliphatic rings. The number of benzene rings is 2. The Kier molecular flexibility index (Phi) is 8.18. The summed E-state index contributed by atoms with van der Waals surface area (Å²) >= 11 is 0. The highest BCUT2D eigenvalue weighted by atomic mass is 32.2. The lowest BCUT2D eigenvalue weighted by Crippen LogP contribution is -2.40. The zero-order valence-electron chi connectivity index (χ0n) is 19.7. The van der Waals surface area contributed by atoms with Crippen LogP contribution in [0.25, 0.3) is 0 Å². The lowest BCUT2D eigenvalue weighted by atomic mass is 10.2. The number of nitrogens with zero attached hydrogens (tertiary/aromatic N) is 2. The van der Waals surface area contributed by atoms with E-state index in [2.05, 4.69) is 0 Å². The first-order valence-corrected chi connectivity index (χ1v) is 14.0. The second-order valence-corrected chi connectivity index (χ2v) is 12.5. The van der Waals surface area contributed by atoms with Crippen LogP contribution in [-0.4, -0.2) is 83.3 Å². The molecule has 190 valence electrons. The van der Waals surface area contributed by atoms with E-state index < -0.39 is 44.4 Å². The fourth-order valence-corrected chi connectivity index (χ4v) is 6.81. The topological polar surface area (TPSA) is 127 Å². The van der Waals surface area contributed by atoms with Crippen molar-refractivity contribution in [3.8, 4) is 5.75 Å². The first-order chi connectivity index (χ1) is 16.4. The predicted octanol–water partition coefficient (Wildman–Crippen LogP) is 1.32. The summed E-state index contributed by atoms with van der Waals surface area (Å²) in [6.45, 7) is -0.493. The van der Waals surface area contributed by atoms with Crippen LogP contribution in [0.3, 0.4) is 0 Å². The molecule has 1 heterocycles. The number of sulfone groups is 1. The van der Waals surface area contributed by atoms with Crippen LogP contribution >= 0.6 is 0 Å². The molecule has 0 radical (unpaired) electrons. The van der Waals surface area contributed by atoms with Gasteiger partial charge in [0.05, 0.1) is 24.2 Å². The van der Waals surface area contributed by atoms with Crippen molar-refractivity contribution in [3.63, 3.8) is 0 Å². The van der Waals surface area contributed by atoms with Crippen LogP contribution in [0.1, 0.15) is 22.3 Å². The number of methoxy groups -OCH3 is 1. The highest BCUT2D eigenvalue weighted by Crippen LogP contribution is 2.28. The van der Waals surface area contributed by atoms with Crippen molar-refractivity contribution in [3.05, 3.63) is 59.7 Å². The van der Waals surface area contributed by atoms with Crippen molar-refractivity contribution in [1.82, 2.24) is 9.21 Å². The molecular weight excluding hydrogens is 496 g/mol. The molecule has 35 heavy (non-hydrogen) atoms. The van der Waals surface area contributed by atoms with Gasteiger partial charge in [-0.15, -0.1) is 0 Å². The number of ether oxygens (including phenoxy) is 2. The van der Waals surface area contributed by atoms with Crippen molar-refractivity contribution < 1.29 is 35.9 Å². The molecule has 1 aliphatic heterocycles. The summed E-state index contributed by atoms with van der Waals surface area (Å²) in [5.74, 6) is -1.50. The van der Waals surface area contributed by atoms with Gasteiger partial charge in [0.1, 0.15) is 10.6 Å². The van der Waals surface area contributed by atoms with E-state index in [0.717, 1.165) is 15.9 Å². The maximum Gasteiger partial charge on any atom is 0.338 e. The minimum Gasteiger partial charge on any atom is -0.495 e. The first-order valence-electron chi connectivity index (χ1n) is 10.8. The van der Waals surface area contributed by atoms with Crippen LogP contribution in [-0.2, 0) is 35.9 Å². The molecule has 2 aromatic carbocycles. The van der Waals surface area contributed by atoms with E-state index in [-0.39, 0.29) is 34.3 Å². The van der Waals surface area contributed by atoms with Crippen molar-refractivity contribution in [2.45, 2.75) is 23.9 Å². The summed E-state index contributed by atoms with van der Waals surface area (Å²) in [4.78, 5) is 26.0.